The van der Waals surface area contributed by atoms with E-state index in [1.165, 1.54) is 0 Å². The second kappa shape index (κ2) is 4.41. The van der Waals surface area contributed by atoms with Gasteiger partial charge in [-0.1, -0.05) is 0 Å². The number of hydrogen-bond donors (Lipinski definition) is 1. The van der Waals surface area contributed by atoms with Gasteiger partial charge in [0.25, 0.3) is 0 Å². The van der Waals surface area contributed by atoms with Crippen LogP contribution in [-0.4, -0.2) is 43.9 Å². The molecule has 20 heavy (non-hydrogen) atoms. The van der Waals surface area contributed by atoms with Crippen molar-refractivity contribution in [1.82, 2.24) is 19.6 Å². The van der Waals surface area contributed by atoms with Gasteiger partial charge in [-0.2, -0.15) is 0 Å². The van der Waals surface area contributed by atoms with Crippen LogP contribution >= 0.6 is 0 Å². The van der Waals surface area contributed by atoms with Crippen LogP contribution in [0.2, 0.25) is 0 Å². The molecular formula is C14H19N5O. The van der Waals surface area contributed by atoms with Crippen LogP contribution in [0.25, 0.3) is 5.65 Å². The quantitative estimate of drug-likeness (QED) is 0.840. The van der Waals surface area contributed by atoms with Crippen molar-refractivity contribution < 1.29 is 5.11 Å². The standard InChI is InChI=1S/C14H19N5O/c1-9-16-13(5-14-17-15-8-19(9)14)18-6-10-2-3-12(20)4-11(10)7-18/h5,8,10-12,20H,2-4,6-7H2,1H3. The van der Waals surface area contributed by atoms with E-state index in [1.54, 1.807) is 6.33 Å². The molecule has 3 unspecified atom stereocenters. The minimum absolute atomic E-state index is 0.107. The highest BCUT2D eigenvalue weighted by atomic mass is 16.3. The Morgan fingerprint density at radius 2 is 2.10 bits per heavy atom. The Morgan fingerprint density at radius 1 is 1.25 bits per heavy atom. The van der Waals surface area contributed by atoms with Crippen LogP contribution in [0.4, 0.5) is 5.82 Å². The molecule has 2 aromatic rings. The zero-order chi connectivity index (χ0) is 13.7. The van der Waals surface area contributed by atoms with E-state index in [0.717, 1.165) is 49.6 Å². The van der Waals surface area contributed by atoms with Crippen molar-refractivity contribution in [1.29, 1.82) is 0 Å². The summed E-state index contributed by atoms with van der Waals surface area (Å²) < 4.78 is 1.90. The molecule has 3 heterocycles. The molecule has 2 aromatic heterocycles. The van der Waals surface area contributed by atoms with Gasteiger partial charge in [0.1, 0.15) is 18.0 Å². The second-order valence-corrected chi connectivity index (χ2v) is 6.11. The fourth-order valence-corrected chi connectivity index (χ4v) is 3.71. The molecule has 6 heteroatoms. The minimum Gasteiger partial charge on any atom is -0.393 e. The third-order valence-electron chi connectivity index (χ3n) is 4.80. The van der Waals surface area contributed by atoms with Gasteiger partial charge in [0, 0.05) is 19.2 Å². The SMILES string of the molecule is Cc1nc(N2CC3CCC(O)CC3C2)cc2nncn12. The minimum atomic E-state index is -0.107. The molecule has 0 spiro atoms. The summed E-state index contributed by atoms with van der Waals surface area (Å²) in [5, 5.41) is 17.9. The van der Waals surface area contributed by atoms with Gasteiger partial charge >= 0.3 is 0 Å². The van der Waals surface area contributed by atoms with Crippen molar-refractivity contribution in [3.8, 4) is 0 Å². The van der Waals surface area contributed by atoms with Crippen LogP contribution in [0.5, 0.6) is 0 Å². The Hall–Kier alpha value is -1.69. The molecule has 0 radical (unpaired) electrons. The molecule has 0 aromatic carbocycles. The van der Waals surface area contributed by atoms with Crippen molar-refractivity contribution in [3.63, 3.8) is 0 Å². The molecule has 2 fully saturated rings. The third kappa shape index (κ3) is 1.86. The van der Waals surface area contributed by atoms with E-state index in [2.05, 4.69) is 20.1 Å². The van der Waals surface area contributed by atoms with Crippen molar-refractivity contribution in [2.45, 2.75) is 32.3 Å². The molecule has 6 nitrogen and oxygen atoms in total. The molecule has 106 valence electrons. The lowest BCUT2D eigenvalue weighted by Crippen LogP contribution is -2.26. The Balaban J connectivity index is 1.63. The van der Waals surface area contributed by atoms with E-state index in [4.69, 9.17) is 0 Å². The van der Waals surface area contributed by atoms with Gasteiger partial charge in [0.05, 0.1) is 6.10 Å². The van der Waals surface area contributed by atoms with E-state index in [-0.39, 0.29) is 6.10 Å². The van der Waals surface area contributed by atoms with Crippen LogP contribution in [0, 0.1) is 18.8 Å². The lowest BCUT2D eigenvalue weighted by Gasteiger charge is -2.27. The number of nitrogens with zero attached hydrogens (tertiary/aromatic N) is 5. The summed E-state index contributed by atoms with van der Waals surface area (Å²) in [5.41, 5.74) is 0.849. The van der Waals surface area contributed by atoms with Gasteiger partial charge in [-0.05, 0) is 38.0 Å². The summed E-state index contributed by atoms with van der Waals surface area (Å²) in [6.45, 7) is 4.03. The Morgan fingerprint density at radius 3 is 3.00 bits per heavy atom. The maximum absolute atomic E-state index is 9.82. The number of aryl methyl sites for hydroxylation is 1. The topological polar surface area (TPSA) is 66.5 Å². The predicted octanol–water partition coefficient (Wildman–Crippen LogP) is 1.03. The highest BCUT2D eigenvalue weighted by Gasteiger charge is 2.37. The number of fused-ring (bicyclic) bond motifs is 2. The molecule has 2 aliphatic rings. The molecular weight excluding hydrogens is 254 g/mol. The van der Waals surface area contributed by atoms with Crippen molar-refractivity contribution in [2.24, 2.45) is 11.8 Å². The lowest BCUT2D eigenvalue weighted by atomic mass is 9.80. The summed E-state index contributed by atoms with van der Waals surface area (Å²) in [6, 6.07) is 2.01. The van der Waals surface area contributed by atoms with Gasteiger partial charge in [-0.25, -0.2) is 4.98 Å². The fourth-order valence-electron chi connectivity index (χ4n) is 3.71. The Bertz CT molecular complexity index is 640. The highest BCUT2D eigenvalue weighted by molar-refractivity contribution is 5.52. The molecule has 1 aliphatic carbocycles. The van der Waals surface area contributed by atoms with E-state index in [0.29, 0.717) is 11.8 Å². The number of rotatable bonds is 1. The summed E-state index contributed by atoms with van der Waals surface area (Å²) in [6.07, 6.45) is 4.61. The zero-order valence-corrected chi connectivity index (χ0v) is 11.6. The summed E-state index contributed by atoms with van der Waals surface area (Å²) in [4.78, 5) is 7.02. The Kier molecular flexibility index (Phi) is 2.66. The van der Waals surface area contributed by atoms with Crippen LogP contribution in [0.1, 0.15) is 25.1 Å². The number of aliphatic hydroxyl groups excluding tert-OH is 1. The van der Waals surface area contributed by atoms with Crippen LogP contribution in [0.15, 0.2) is 12.4 Å². The van der Waals surface area contributed by atoms with E-state index in [1.807, 2.05) is 17.4 Å². The maximum Gasteiger partial charge on any atom is 0.165 e. The second-order valence-electron chi connectivity index (χ2n) is 6.11. The third-order valence-corrected chi connectivity index (χ3v) is 4.80. The molecule has 3 atom stereocenters. The van der Waals surface area contributed by atoms with E-state index < -0.39 is 0 Å². The monoisotopic (exact) mass is 273 g/mol. The Labute approximate surface area is 117 Å². The molecule has 1 aliphatic heterocycles. The number of anilines is 1. The molecule has 1 saturated carbocycles. The van der Waals surface area contributed by atoms with Gasteiger partial charge in [-0.3, -0.25) is 4.40 Å². The maximum atomic E-state index is 9.82. The molecule has 4 rings (SSSR count). The van der Waals surface area contributed by atoms with Crippen LogP contribution in [-0.2, 0) is 0 Å². The molecule has 0 amide bonds. The fraction of sp³-hybridized carbons (Fsp3) is 0.643. The summed E-state index contributed by atoms with van der Waals surface area (Å²) >= 11 is 0. The lowest BCUT2D eigenvalue weighted by molar-refractivity contribution is 0.0867. The normalized spacial score (nSPS) is 29.9. The van der Waals surface area contributed by atoms with Crippen molar-refractivity contribution in [2.75, 3.05) is 18.0 Å². The van der Waals surface area contributed by atoms with Crippen molar-refractivity contribution >= 4 is 11.5 Å². The number of aromatic nitrogens is 4. The first kappa shape index (κ1) is 12.1. The van der Waals surface area contributed by atoms with E-state index in [9.17, 15) is 5.11 Å². The average Bonchev–Trinajstić information content (AvgIpc) is 3.03. The first-order chi connectivity index (χ1) is 9.70. The number of hydrogen-bond acceptors (Lipinski definition) is 5. The van der Waals surface area contributed by atoms with Gasteiger partial charge in [0.15, 0.2) is 5.65 Å². The first-order valence-corrected chi connectivity index (χ1v) is 7.31. The predicted molar refractivity (Wildman–Crippen MR) is 74.6 cm³/mol. The molecule has 1 N–H and O–H groups in total. The molecule has 1 saturated heterocycles. The highest BCUT2D eigenvalue weighted by Crippen LogP contribution is 2.37. The van der Waals surface area contributed by atoms with Gasteiger partial charge in [0.2, 0.25) is 0 Å². The summed E-state index contributed by atoms with van der Waals surface area (Å²) in [5.74, 6) is 3.22. The smallest absolute Gasteiger partial charge is 0.165 e. The first-order valence-electron chi connectivity index (χ1n) is 7.31. The largest absolute Gasteiger partial charge is 0.393 e. The van der Waals surface area contributed by atoms with Gasteiger partial charge < -0.3 is 10.0 Å². The molecule has 0 bridgehead atoms. The van der Waals surface area contributed by atoms with E-state index >= 15 is 0 Å². The average molecular weight is 273 g/mol. The van der Waals surface area contributed by atoms with Crippen molar-refractivity contribution in [3.05, 3.63) is 18.2 Å². The van der Waals surface area contributed by atoms with Gasteiger partial charge in [-0.15, -0.1) is 10.2 Å². The number of aliphatic hydroxyl groups is 1. The summed E-state index contributed by atoms with van der Waals surface area (Å²) in [7, 11) is 0. The van der Waals surface area contributed by atoms with Crippen LogP contribution in [0.3, 0.4) is 0 Å². The zero-order valence-electron chi connectivity index (χ0n) is 11.6. The van der Waals surface area contributed by atoms with Crippen LogP contribution < -0.4 is 4.90 Å².